The second-order valence-corrected chi connectivity index (χ2v) is 4.57. The summed E-state index contributed by atoms with van der Waals surface area (Å²) >= 11 is 0. The zero-order chi connectivity index (χ0) is 13.0. The third kappa shape index (κ3) is 2.76. The Balaban J connectivity index is 2.18. The van der Waals surface area contributed by atoms with Crippen LogP contribution in [0.3, 0.4) is 0 Å². The standard InChI is InChI=1S/C14H20N4/c1-4-7-15-9-12-5-6-13(11(2)8-12)14-10-16-17-18(14)3/h5-6,8,10,15H,4,7,9H2,1-3H3. The van der Waals surface area contributed by atoms with E-state index in [1.807, 2.05) is 7.05 Å². The van der Waals surface area contributed by atoms with Gasteiger partial charge in [0.2, 0.25) is 0 Å². The lowest BCUT2D eigenvalue weighted by molar-refractivity contribution is 0.675. The predicted molar refractivity (Wildman–Crippen MR) is 73.2 cm³/mol. The molecular weight excluding hydrogens is 224 g/mol. The van der Waals surface area contributed by atoms with Crippen LogP contribution in [0.4, 0.5) is 0 Å². The summed E-state index contributed by atoms with van der Waals surface area (Å²) in [4.78, 5) is 0. The predicted octanol–water partition coefficient (Wildman–Crippen LogP) is 2.29. The van der Waals surface area contributed by atoms with Gasteiger partial charge in [0.05, 0.1) is 11.9 Å². The van der Waals surface area contributed by atoms with Crippen LogP contribution in [-0.2, 0) is 13.6 Å². The van der Waals surface area contributed by atoms with Crippen molar-refractivity contribution in [1.29, 1.82) is 0 Å². The molecule has 0 fully saturated rings. The molecule has 1 N–H and O–H groups in total. The number of nitrogens with zero attached hydrogens (tertiary/aromatic N) is 3. The molecule has 96 valence electrons. The lowest BCUT2D eigenvalue weighted by atomic mass is 10.0. The van der Waals surface area contributed by atoms with E-state index in [-0.39, 0.29) is 0 Å². The Labute approximate surface area is 108 Å². The molecule has 0 radical (unpaired) electrons. The van der Waals surface area contributed by atoms with Crippen LogP contribution in [0.1, 0.15) is 24.5 Å². The molecule has 0 aliphatic heterocycles. The van der Waals surface area contributed by atoms with Crippen LogP contribution >= 0.6 is 0 Å². The van der Waals surface area contributed by atoms with Gasteiger partial charge in [-0.25, -0.2) is 4.68 Å². The van der Waals surface area contributed by atoms with Crippen molar-refractivity contribution in [1.82, 2.24) is 20.3 Å². The summed E-state index contributed by atoms with van der Waals surface area (Å²) < 4.78 is 1.80. The van der Waals surface area contributed by atoms with Crippen LogP contribution in [0.25, 0.3) is 11.3 Å². The van der Waals surface area contributed by atoms with Crippen LogP contribution < -0.4 is 5.32 Å². The van der Waals surface area contributed by atoms with Gasteiger partial charge in [0.25, 0.3) is 0 Å². The van der Waals surface area contributed by atoms with Gasteiger partial charge in [0.15, 0.2) is 0 Å². The molecule has 4 nitrogen and oxygen atoms in total. The van der Waals surface area contributed by atoms with Crippen molar-refractivity contribution in [3.05, 3.63) is 35.5 Å². The number of benzene rings is 1. The summed E-state index contributed by atoms with van der Waals surface area (Å²) in [6.07, 6.45) is 2.97. The van der Waals surface area contributed by atoms with E-state index >= 15 is 0 Å². The van der Waals surface area contributed by atoms with Crippen molar-refractivity contribution in [2.24, 2.45) is 7.05 Å². The van der Waals surface area contributed by atoms with Crippen molar-refractivity contribution < 1.29 is 0 Å². The van der Waals surface area contributed by atoms with Gasteiger partial charge >= 0.3 is 0 Å². The van der Waals surface area contributed by atoms with Gasteiger partial charge in [-0.3, -0.25) is 0 Å². The minimum atomic E-state index is 0.929. The quantitative estimate of drug-likeness (QED) is 0.821. The molecule has 2 rings (SSSR count). The Morgan fingerprint density at radius 1 is 1.33 bits per heavy atom. The maximum atomic E-state index is 3.97. The van der Waals surface area contributed by atoms with E-state index in [9.17, 15) is 0 Å². The van der Waals surface area contributed by atoms with E-state index in [2.05, 4.69) is 47.7 Å². The Kier molecular flexibility index (Phi) is 4.10. The average molecular weight is 244 g/mol. The molecule has 1 aromatic heterocycles. The van der Waals surface area contributed by atoms with Gasteiger partial charge in [0, 0.05) is 19.2 Å². The molecular formula is C14H20N4. The zero-order valence-corrected chi connectivity index (χ0v) is 11.3. The van der Waals surface area contributed by atoms with Crippen molar-refractivity contribution in [2.45, 2.75) is 26.8 Å². The third-order valence-electron chi connectivity index (χ3n) is 3.04. The molecule has 4 heteroatoms. The molecule has 0 amide bonds. The third-order valence-corrected chi connectivity index (χ3v) is 3.04. The second kappa shape index (κ2) is 5.78. The summed E-state index contributed by atoms with van der Waals surface area (Å²) in [6, 6.07) is 6.54. The zero-order valence-electron chi connectivity index (χ0n) is 11.3. The average Bonchev–Trinajstić information content (AvgIpc) is 2.76. The Bertz CT molecular complexity index is 516. The smallest absolute Gasteiger partial charge is 0.0884 e. The van der Waals surface area contributed by atoms with Crippen molar-refractivity contribution in [2.75, 3.05) is 6.54 Å². The van der Waals surface area contributed by atoms with Crippen LogP contribution in [0.2, 0.25) is 0 Å². The first-order chi connectivity index (χ1) is 8.72. The van der Waals surface area contributed by atoms with Crippen LogP contribution in [-0.4, -0.2) is 21.5 Å². The number of nitrogens with one attached hydrogen (secondary N) is 1. The summed E-state index contributed by atoms with van der Waals surface area (Å²) in [6.45, 7) is 6.30. The fourth-order valence-corrected chi connectivity index (χ4v) is 2.07. The molecule has 0 spiro atoms. The molecule has 1 aromatic carbocycles. The monoisotopic (exact) mass is 244 g/mol. The second-order valence-electron chi connectivity index (χ2n) is 4.57. The Morgan fingerprint density at radius 3 is 2.78 bits per heavy atom. The first kappa shape index (κ1) is 12.8. The molecule has 18 heavy (non-hydrogen) atoms. The lowest BCUT2D eigenvalue weighted by Gasteiger charge is -2.09. The number of hydrogen-bond donors (Lipinski definition) is 1. The molecule has 0 aliphatic carbocycles. The minimum Gasteiger partial charge on any atom is -0.313 e. The highest BCUT2D eigenvalue weighted by Crippen LogP contribution is 2.22. The molecule has 2 aromatic rings. The van der Waals surface area contributed by atoms with Gasteiger partial charge in [0.1, 0.15) is 0 Å². The van der Waals surface area contributed by atoms with E-state index < -0.39 is 0 Å². The first-order valence-electron chi connectivity index (χ1n) is 6.37. The van der Waals surface area contributed by atoms with Gasteiger partial charge < -0.3 is 5.32 Å². The number of hydrogen-bond acceptors (Lipinski definition) is 3. The van der Waals surface area contributed by atoms with Crippen molar-refractivity contribution in [3.8, 4) is 11.3 Å². The maximum absolute atomic E-state index is 3.97. The molecule has 0 bridgehead atoms. The van der Waals surface area contributed by atoms with Crippen molar-refractivity contribution in [3.63, 3.8) is 0 Å². The van der Waals surface area contributed by atoms with Crippen LogP contribution in [0.5, 0.6) is 0 Å². The van der Waals surface area contributed by atoms with E-state index in [1.165, 1.54) is 16.7 Å². The summed E-state index contributed by atoms with van der Waals surface area (Å²) in [5.41, 5.74) is 4.83. The number of aromatic nitrogens is 3. The SMILES string of the molecule is CCCNCc1ccc(-c2cnnn2C)c(C)c1. The highest BCUT2D eigenvalue weighted by Gasteiger charge is 2.07. The highest BCUT2D eigenvalue weighted by molar-refractivity contribution is 5.63. The molecule has 0 saturated carbocycles. The van der Waals surface area contributed by atoms with Crippen LogP contribution in [0, 0.1) is 6.92 Å². The van der Waals surface area contributed by atoms with E-state index in [0.29, 0.717) is 0 Å². The van der Waals surface area contributed by atoms with Gasteiger partial charge in [-0.05, 0) is 31.0 Å². The molecule has 0 saturated heterocycles. The number of rotatable bonds is 5. The van der Waals surface area contributed by atoms with Gasteiger partial charge in [-0.2, -0.15) is 0 Å². The minimum absolute atomic E-state index is 0.929. The normalized spacial score (nSPS) is 10.8. The summed E-state index contributed by atoms with van der Waals surface area (Å²) in [5.74, 6) is 0. The molecule has 0 aliphatic rings. The van der Waals surface area contributed by atoms with Crippen molar-refractivity contribution >= 4 is 0 Å². The maximum Gasteiger partial charge on any atom is 0.0884 e. The van der Waals surface area contributed by atoms with Crippen LogP contribution in [0.15, 0.2) is 24.4 Å². The van der Waals surface area contributed by atoms with Gasteiger partial charge in [-0.15, -0.1) is 5.10 Å². The van der Waals surface area contributed by atoms with E-state index in [0.717, 1.165) is 25.2 Å². The van der Waals surface area contributed by atoms with E-state index in [4.69, 9.17) is 0 Å². The topological polar surface area (TPSA) is 42.7 Å². The Morgan fingerprint density at radius 2 is 2.17 bits per heavy atom. The molecule has 0 unspecified atom stereocenters. The van der Waals surface area contributed by atoms with Gasteiger partial charge in [-0.1, -0.05) is 30.3 Å². The largest absolute Gasteiger partial charge is 0.313 e. The molecule has 0 atom stereocenters. The fourth-order valence-electron chi connectivity index (χ4n) is 2.07. The number of aryl methyl sites for hydroxylation is 2. The summed E-state index contributed by atoms with van der Waals surface area (Å²) in [7, 11) is 1.92. The van der Waals surface area contributed by atoms with E-state index in [1.54, 1.807) is 10.9 Å². The molecule has 1 heterocycles. The highest BCUT2D eigenvalue weighted by atomic mass is 15.4. The Hall–Kier alpha value is -1.68. The first-order valence-corrected chi connectivity index (χ1v) is 6.37. The summed E-state index contributed by atoms with van der Waals surface area (Å²) in [5, 5.41) is 11.3. The lowest BCUT2D eigenvalue weighted by Crippen LogP contribution is -2.13. The fraction of sp³-hybridized carbons (Fsp3) is 0.429.